The van der Waals surface area contributed by atoms with Crippen LogP contribution in [0.3, 0.4) is 0 Å². The van der Waals surface area contributed by atoms with Gasteiger partial charge in [0.1, 0.15) is 12.1 Å². The van der Waals surface area contributed by atoms with E-state index in [1.165, 1.54) is 0 Å². The molecule has 0 radical (unpaired) electrons. The van der Waals surface area contributed by atoms with E-state index in [2.05, 4.69) is 23.3 Å². The second kappa shape index (κ2) is 10.00. The van der Waals surface area contributed by atoms with Crippen molar-refractivity contribution in [2.45, 2.75) is 31.3 Å². The molecule has 0 aromatic rings. The minimum Gasteiger partial charge on any atom is -0.480 e. The maximum Gasteiger partial charge on any atom is 0.326 e. The number of carboxylic acid groups (broad SMARTS) is 1. The fourth-order valence-electron chi connectivity index (χ4n) is 1.41. The van der Waals surface area contributed by atoms with Crippen LogP contribution < -0.4 is 22.1 Å². The summed E-state index contributed by atoms with van der Waals surface area (Å²) in [7, 11) is 0. The first-order chi connectivity index (χ1) is 9.81. The number of nitrogens with one attached hydrogen (secondary N) is 2. The molecule has 0 heterocycles. The SMILES string of the molecule is NCCC(=O)N[C@@H](CS)C(=O)N[C@@H](CCC(N)=O)C(=O)O. The second-order valence-electron chi connectivity index (χ2n) is 4.25. The maximum absolute atomic E-state index is 11.9. The molecule has 0 aromatic carbocycles. The minimum absolute atomic E-state index is 0.00962. The summed E-state index contributed by atoms with van der Waals surface area (Å²) < 4.78 is 0. The summed E-state index contributed by atoms with van der Waals surface area (Å²) >= 11 is 3.93. The van der Waals surface area contributed by atoms with Gasteiger partial charge in [-0.25, -0.2) is 4.79 Å². The average molecular weight is 320 g/mol. The molecule has 0 rings (SSSR count). The molecule has 0 aliphatic heterocycles. The second-order valence-corrected chi connectivity index (χ2v) is 4.61. The molecule has 21 heavy (non-hydrogen) atoms. The first-order valence-corrected chi connectivity index (χ1v) is 6.86. The Morgan fingerprint density at radius 3 is 2.14 bits per heavy atom. The van der Waals surface area contributed by atoms with E-state index in [1.807, 2.05) is 0 Å². The largest absolute Gasteiger partial charge is 0.480 e. The third-order valence-corrected chi connectivity index (χ3v) is 2.86. The van der Waals surface area contributed by atoms with Gasteiger partial charge in [-0.05, 0) is 6.42 Å². The van der Waals surface area contributed by atoms with E-state index in [4.69, 9.17) is 16.6 Å². The summed E-state index contributed by atoms with van der Waals surface area (Å²) in [4.78, 5) is 44.9. The Balaban J connectivity index is 4.59. The molecule has 10 heteroatoms. The highest BCUT2D eigenvalue weighted by Crippen LogP contribution is 1.99. The first-order valence-electron chi connectivity index (χ1n) is 6.23. The summed E-state index contributed by atoms with van der Waals surface area (Å²) in [5, 5.41) is 13.6. The molecule has 0 aliphatic rings. The number of carboxylic acids is 1. The van der Waals surface area contributed by atoms with Gasteiger partial charge in [0.15, 0.2) is 0 Å². The predicted molar refractivity (Wildman–Crippen MR) is 77.5 cm³/mol. The molecule has 0 saturated carbocycles. The summed E-state index contributed by atoms with van der Waals surface area (Å²) in [6.07, 6.45) is -0.268. The zero-order valence-electron chi connectivity index (χ0n) is 11.4. The lowest BCUT2D eigenvalue weighted by Crippen LogP contribution is -2.52. The highest BCUT2D eigenvalue weighted by atomic mass is 32.1. The number of rotatable bonds is 10. The van der Waals surface area contributed by atoms with Crippen molar-refractivity contribution in [2.24, 2.45) is 11.5 Å². The van der Waals surface area contributed by atoms with Crippen LogP contribution >= 0.6 is 12.6 Å². The molecule has 9 nitrogen and oxygen atoms in total. The van der Waals surface area contributed by atoms with Crippen molar-refractivity contribution >= 4 is 36.3 Å². The van der Waals surface area contributed by atoms with Gasteiger partial charge in [-0.15, -0.1) is 0 Å². The monoisotopic (exact) mass is 320 g/mol. The normalized spacial score (nSPS) is 13.0. The van der Waals surface area contributed by atoms with Crippen molar-refractivity contribution in [2.75, 3.05) is 12.3 Å². The Morgan fingerprint density at radius 1 is 1.10 bits per heavy atom. The number of nitrogens with two attached hydrogens (primary N) is 2. The fourth-order valence-corrected chi connectivity index (χ4v) is 1.67. The Morgan fingerprint density at radius 2 is 1.71 bits per heavy atom. The van der Waals surface area contributed by atoms with Crippen molar-refractivity contribution in [3.05, 3.63) is 0 Å². The van der Waals surface area contributed by atoms with Crippen molar-refractivity contribution in [1.29, 1.82) is 0 Å². The molecular formula is C11H20N4O5S. The molecular weight excluding hydrogens is 300 g/mol. The van der Waals surface area contributed by atoms with Crippen molar-refractivity contribution in [3.8, 4) is 0 Å². The van der Waals surface area contributed by atoms with Gasteiger partial charge < -0.3 is 27.2 Å². The maximum atomic E-state index is 11.9. The molecule has 0 aliphatic carbocycles. The average Bonchev–Trinajstić information content (AvgIpc) is 2.40. The number of aliphatic carboxylic acids is 1. The zero-order valence-corrected chi connectivity index (χ0v) is 12.3. The number of hydrogen-bond donors (Lipinski definition) is 6. The predicted octanol–water partition coefficient (Wildman–Crippen LogP) is -2.42. The quantitative estimate of drug-likeness (QED) is 0.245. The Kier molecular flexibility index (Phi) is 9.13. The third-order valence-electron chi connectivity index (χ3n) is 2.50. The van der Waals surface area contributed by atoms with Gasteiger partial charge in [0, 0.05) is 25.1 Å². The number of thiol groups is 1. The van der Waals surface area contributed by atoms with Gasteiger partial charge in [0.25, 0.3) is 0 Å². The van der Waals surface area contributed by atoms with Crippen molar-refractivity contribution in [3.63, 3.8) is 0 Å². The molecule has 7 N–H and O–H groups in total. The van der Waals surface area contributed by atoms with Crippen LogP contribution in [0.25, 0.3) is 0 Å². The van der Waals surface area contributed by atoms with Crippen molar-refractivity contribution < 1.29 is 24.3 Å². The van der Waals surface area contributed by atoms with Crippen LogP contribution in [0, 0.1) is 0 Å². The Bertz CT molecular complexity index is 404. The Labute approximate surface area is 127 Å². The van der Waals surface area contributed by atoms with Crippen LogP contribution in [0.2, 0.25) is 0 Å². The minimum atomic E-state index is -1.30. The van der Waals surface area contributed by atoms with Crippen LogP contribution in [0.15, 0.2) is 0 Å². The van der Waals surface area contributed by atoms with Crippen molar-refractivity contribution in [1.82, 2.24) is 10.6 Å². The van der Waals surface area contributed by atoms with Gasteiger partial charge in [0.05, 0.1) is 0 Å². The fraction of sp³-hybridized carbons (Fsp3) is 0.636. The highest BCUT2D eigenvalue weighted by molar-refractivity contribution is 7.80. The molecule has 0 bridgehead atoms. The molecule has 0 fully saturated rings. The number of primary amides is 1. The first kappa shape index (κ1) is 19.2. The number of carbonyl (C=O) groups excluding carboxylic acids is 3. The number of hydrogen-bond acceptors (Lipinski definition) is 6. The van der Waals surface area contributed by atoms with E-state index >= 15 is 0 Å². The summed E-state index contributed by atoms with van der Waals surface area (Å²) in [6.45, 7) is 0.128. The lowest BCUT2D eigenvalue weighted by Gasteiger charge is -2.19. The summed E-state index contributed by atoms with van der Waals surface area (Å²) in [6, 6.07) is -2.25. The van der Waals surface area contributed by atoms with Gasteiger partial charge >= 0.3 is 5.97 Å². The van der Waals surface area contributed by atoms with Crippen LogP contribution in [0.5, 0.6) is 0 Å². The molecule has 0 saturated heterocycles. The smallest absolute Gasteiger partial charge is 0.326 e. The van der Waals surface area contributed by atoms with E-state index in [9.17, 15) is 19.2 Å². The summed E-state index contributed by atoms with van der Waals surface area (Å²) in [5.74, 6) is -3.11. The lowest BCUT2D eigenvalue weighted by molar-refractivity contribution is -0.142. The topological polar surface area (TPSA) is 165 Å². The van der Waals surface area contributed by atoms with E-state index in [0.717, 1.165) is 0 Å². The molecule has 2 atom stereocenters. The van der Waals surface area contributed by atoms with Gasteiger partial charge in [0.2, 0.25) is 17.7 Å². The Hall–Kier alpha value is -1.81. The van der Waals surface area contributed by atoms with Gasteiger partial charge in [-0.3, -0.25) is 14.4 Å². The molecule has 0 aromatic heterocycles. The van der Waals surface area contributed by atoms with Crippen LogP contribution in [0.4, 0.5) is 0 Å². The molecule has 120 valence electrons. The highest BCUT2D eigenvalue weighted by Gasteiger charge is 2.25. The third kappa shape index (κ3) is 8.15. The van der Waals surface area contributed by atoms with Gasteiger partial charge in [-0.1, -0.05) is 0 Å². The standard InChI is InChI=1S/C11H20N4O5S/c12-4-3-9(17)14-7(5-21)10(18)15-6(11(19)20)1-2-8(13)16/h6-7,21H,1-5,12H2,(H2,13,16)(H,14,17)(H,15,18)(H,19,20)/t6-,7-/m0/s1. The molecule has 3 amide bonds. The van der Waals surface area contributed by atoms with E-state index in [-0.39, 0.29) is 31.6 Å². The van der Waals surface area contributed by atoms with E-state index < -0.39 is 35.8 Å². The van der Waals surface area contributed by atoms with Crippen LogP contribution in [-0.2, 0) is 19.2 Å². The van der Waals surface area contributed by atoms with E-state index in [0.29, 0.717) is 0 Å². The van der Waals surface area contributed by atoms with Crippen LogP contribution in [-0.4, -0.2) is 53.2 Å². The van der Waals surface area contributed by atoms with E-state index in [1.54, 1.807) is 0 Å². The molecule has 0 unspecified atom stereocenters. The lowest BCUT2D eigenvalue weighted by atomic mass is 10.1. The zero-order chi connectivity index (χ0) is 16.4. The molecule has 0 spiro atoms. The number of amides is 3. The summed E-state index contributed by atoms with van der Waals surface area (Å²) in [5.41, 5.74) is 10.1. The number of carbonyl (C=O) groups is 4. The van der Waals surface area contributed by atoms with Crippen LogP contribution in [0.1, 0.15) is 19.3 Å². The van der Waals surface area contributed by atoms with Gasteiger partial charge in [-0.2, -0.15) is 12.6 Å².